The first-order valence-corrected chi connectivity index (χ1v) is 4.97. The molecule has 1 saturated heterocycles. The van der Waals surface area contributed by atoms with Crippen molar-refractivity contribution < 1.29 is 24.8 Å². The van der Waals surface area contributed by atoms with Gasteiger partial charge < -0.3 is 26.2 Å². The van der Waals surface area contributed by atoms with E-state index in [0.29, 0.717) is 0 Å². The van der Waals surface area contributed by atoms with E-state index in [9.17, 15) is 14.3 Å². The summed E-state index contributed by atoms with van der Waals surface area (Å²) in [5.74, 6) is 0.0129. The van der Waals surface area contributed by atoms with Gasteiger partial charge in [0.2, 0.25) is 0 Å². The number of nitrogen functional groups attached to an aromatic ring is 1. The minimum Gasteiger partial charge on any atom is -0.412 e. The molecule has 102 valence electrons. The van der Waals surface area contributed by atoms with Crippen LogP contribution in [-0.4, -0.2) is 50.2 Å². The molecule has 1 aliphatic rings. The van der Waals surface area contributed by atoms with Gasteiger partial charge in [-0.1, -0.05) is 0 Å². The lowest BCUT2D eigenvalue weighted by Crippen LogP contribution is -2.33. The Morgan fingerprint density at radius 2 is 2.28 bits per heavy atom. The van der Waals surface area contributed by atoms with Gasteiger partial charge in [0.05, 0.1) is 6.61 Å². The van der Waals surface area contributed by atoms with Crippen LogP contribution in [0.4, 0.5) is 10.2 Å². The van der Waals surface area contributed by atoms with E-state index in [1.807, 2.05) is 0 Å². The Morgan fingerprint density at radius 1 is 1.61 bits per heavy atom. The van der Waals surface area contributed by atoms with Crippen LogP contribution < -0.4 is 11.4 Å². The van der Waals surface area contributed by atoms with E-state index >= 15 is 0 Å². The van der Waals surface area contributed by atoms with Crippen molar-refractivity contribution in [2.45, 2.75) is 24.6 Å². The monoisotopic (exact) mass is 263 g/mol. The molecule has 18 heavy (non-hydrogen) atoms. The van der Waals surface area contributed by atoms with Crippen LogP contribution in [0.15, 0.2) is 17.1 Å². The van der Waals surface area contributed by atoms with Crippen molar-refractivity contribution in [3.63, 3.8) is 0 Å². The fraction of sp³-hybridized carbons (Fsp3) is 0.556. The normalized spacial score (nSPS) is 31.1. The van der Waals surface area contributed by atoms with Crippen molar-refractivity contribution in [1.82, 2.24) is 9.55 Å². The quantitative estimate of drug-likeness (QED) is 0.542. The Labute approximate surface area is 101 Å². The number of nitrogens with zero attached hydrogens (tertiary/aromatic N) is 2. The zero-order valence-corrected chi connectivity index (χ0v) is 9.23. The van der Waals surface area contributed by atoms with Gasteiger partial charge in [-0.25, -0.2) is 9.18 Å². The predicted octanol–water partition coefficient (Wildman–Crippen LogP) is -2.41. The third kappa shape index (κ3) is 2.34. The zero-order chi connectivity index (χ0) is 12.6. The molecule has 0 unspecified atom stereocenters. The minimum atomic E-state index is -1.81. The number of alkyl halides is 1. The second-order valence-electron chi connectivity index (χ2n) is 3.72. The van der Waals surface area contributed by atoms with Gasteiger partial charge in [0.15, 0.2) is 12.4 Å². The molecule has 1 aliphatic heterocycles. The van der Waals surface area contributed by atoms with Crippen molar-refractivity contribution >= 4 is 5.82 Å². The van der Waals surface area contributed by atoms with E-state index in [1.165, 1.54) is 12.3 Å². The first-order valence-electron chi connectivity index (χ1n) is 4.97. The first kappa shape index (κ1) is 14.5. The van der Waals surface area contributed by atoms with Crippen molar-refractivity contribution in [2.75, 3.05) is 12.3 Å². The molecule has 0 spiro atoms. The predicted molar refractivity (Wildman–Crippen MR) is 58.4 cm³/mol. The van der Waals surface area contributed by atoms with Gasteiger partial charge in [-0.15, -0.1) is 0 Å². The van der Waals surface area contributed by atoms with E-state index in [0.717, 1.165) is 4.57 Å². The van der Waals surface area contributed by atoms with E-state index < -0.39 is 36.9 Å². The summed E-state index contributed by atoms with van der Waals surface area (Å²) in [6, 6.07) is 1.32. The lowest BCUT2D eigenvalue weighted by Gasteiger charge is -2.15. The highest BCUT2D eigenvalue weighted by Crippen LogP contribution is 2.30. The molecule has 8 nitrogen and oxygen atoms in total. The minimum absolute atomic E-state index is 0. The lowest BCUT2D eigenvalue weighted by molar-refractivity contribution is -0.0490. The van der Waals surface area contributed by atoms with Crippen LogP contribution in [0, 0.1) is 0 Å². The molecule has 1 aromatic rings. The number of aliphatic hydroxyl groups is 2. The van der Waals surface area contributed by atoms with E-state index in [2.05, 4.69) is 4.98 Å². The van der Waals surface area contributed by atoms with Gasteiger partial charge in [-0.3, -0.25) is 4.57 Å². The Hall–Kier alpha value is -1.55. The van der Waals surface area contributed by atoms with E-state index in [-0.39, 0.29) is 11.3 Å². The van der Waals surface area contributed by atoms with E-state index in [4.69, 9.17) is 15.6 Å². The molecule has 0 amide bonds. The molecule has 6 N–H and O–H groups in total. The summed E-state index contributed by atoms with van der Waals surface area (Å²) in [7, 11) is 0. The average molecular weight is 263 g/mol. The van der Waals surface area contributed by atoms with Crippen LogP contribution in [0.5, 0.6) is 0 Å². The molecule has 2 rings (SSSR count). The Balaban J connectivity index is 0.00000162. The van der Waals surface area contributed by atoms with Gasteiger partial charge >= 0.3 is 5.69 Å². The topological polar surface area (TPSA) is 142 Å². The van der Waals surface area contributed by atoms with Gasteiger partial charge in [0.25, 0.3) is 0 Å². The standard InChI is InChI=1S/C9H12FN3O4.H2O/c10-6-7(15)4(3-14)17-8(6)13-2-1-5(11)12-9(13)16;/h1-2,4,6-8,14-15H,3H2,(H2,11,12,16);1H2/t4-,6-,7-,8-;/m1./s1. The highest BCUT2D eigenvalue weighted by atomic mass is 19.1. The third-order valence-electron chi connectivity index (χ3n) is 2.60. The molecule has 1 aromatic heterocycles. The molecular formula is C9H14FN3O5. The number of hydrogen-bond donors (Lipinski definition) is 3. The summed E-state index contributed by atoms with van der Waals surface area (Å²) in [5.41, 5.74) is 4.52. The van der Waals surface area contributed by atoms with Crippen LogP contribution >= 0.6 is 0 Å². The van der Waals surface area contributed by atoms with Crippen LogP contribution in [0.25, 0.3) is 0 Å². The number of ether oxygens (including phenoxy) is 1. The molecule has 1 fully saturated rings. The summed E-state index contributed by atoms with van der Waals surface area (Å²) >= 11 is 0. The first-order chi connectivity index (χ1) is 8.04. The fourth-order valence-corrected chi connectivity index (χ4v) is 1.70. The fourth-order valence-electron chi connectivity index (χ4n) is 1.70. The maximum atomic E-state index is 13.7. The second kappa shape index (κ2) is 5.40. The lowest BCUT2D eigenvalue weighted by atomic mass is 10.1. The number of halogens is 1. The molecule has 0 bridgehead atoms. The number of anilines is 1. The Bertz CT molecular complexity index is 468. The van der Waals surface area contributed by atoms with Crippen molar-refractivity contribution in [3.05, 3.63) is 22.7 Å². The van der Waals surface area contributed by atoms with Gasteiger partial charge in [0.1, 0.15) is 18.0 Å². The molecule has 0 aromatic carbocycles. The molecule has 4 atom stereocenters. The number of aliphatic hydroxyl groups excluding tert-OH is 2. The molecule has 9 heteroatoms. The second-order valence-corrected chi connectivity index (χ2v) is 3.72. The zero-order valence-electron chi connectivity index (χ0n) is 9.23. The number of rotatable bonds is 2. The molecular weight excluding hydrogens is 249 g/mol. The van der Waals surface area contributed by atoms with Gasteiger partial charge in [-0.2, -0.15) is 4.98 Å². The van der Waals surface area contributed by atoms with Crippen molar-refractivity contribution in [3.8, 4) is 0 Å². The number of aromatic nitrogens is 2. The summed E-state index contributed by atoms with van der Waals surface area (Å²) < 4.78 is 19.6. The smallest absolute Gasteiger partial charge is 0.351 e. The molecule has 0 aliphatic carbocycles. The summed E-state index contributed by atoms with van der Waals surface area (Å²) in [5, 5.41) is 18.3. The van der Waals surface area contributed by atoms with E-state index in [1.54, 1.807) is 0 Å². The largest absolute Gasteiger partial charge is 0.412 e. The summed E-state index contributed by atoms with van der Waals surface area (Å²) in [4.78, 5) is 14.9. The number of nitrogens with two attached hydrogens (primary N) is 1. The SMILES string of the molecule is Nc1ccn([C@@H]2O[C@H](CO)[C@@H](O)[C@H]2F)c(=O)n1.O. The molecule has 0 saturated carbocycles. The highest BCUT2D eigenvalue weighted by molar-refractivity contribution is 5.23. The van der Waals surface area contributed by atoms with Crippen LogP contribution in [0.1, 0.15) is 6.23 Å². The van der Waals surface area contributed by atoms with Crippen LogP contribution in [-0.2, 0) is 4.74 Å². The molecule has 0 radical (unpaired) electrons. The number of hydrogen-bond acceptors (Lipinski definition) is 6. The van der Waals surface area contributed by atoms with Crippen molar-refractivity contribution in [1.29, 1.82) is 0 Å². The average Bonchev–Trinajstić information content (AvgIpc) is 2.57. The maximum absolute atomic E-state index is 13.7. The third-order valence-corrected chi connectivity index (χ3v) is 2.60. The van der Waals surface area contributed by atoms with Gasteiger partial charge in [-0.05, 0) is 6.07 Å². The summed E-state index contributed by atoms with van der Waals surface area (Å²) in [6.45, 7) is -0.533. The highest BCUT2D eigenvalue weighted by Gasteiger charge is 2.45. The Kier molecular flexibility index (Phi) is 4.35. The molecule has 2 heterocycles. The van der Waals surface area contributed by atoms with Gasteiger partial charge in [0, 0.05) is 6.20 Å². The summed E-state index contributed by atoms with van der Waals surface area (Å²) in [6.07, 6.45) is -4.42. The Morgan fingerprint density at radius 3 is 2.78 bits per heavy atom. The van der Waals surface area contributed by atoms with Crippen LogP contribution in [0.3, 0.4) is 0 Å². The van der Waals surface area contributed by atoms with Crippen molar-refractivity contribution in [2.24, 2.45) is 0 Å². The maximum Gasteiger partial charge on any atom is 0.351 e. The van der Waals surface area contributed by atoms with Crippen LogP contribution in [0.2, 0.25) is 0 Å².